The van der Waals surface area contributed by atoms with Gasteiger partial charge in [0.2, 0.25) is 5.91 Å². The second-order valence-corrected chi connectivity index (χ2v) is 5.80. The van der Waals surface area contributed by atoms with Crippen LogP contribution in [-0.4, -0.2) is 48.4 Å². The molecular formula is C15H20N4O2. The predicted octanol–water partition coefficient (Wildman–Crippen LogP) is 0.866. The number of carbonyl (C=O) groups is 2. The molecule has 0 aliphatic carbocycles. The van der Waals surface area contributed by atoms with Gasteiger partial charge in [-0.25, -0.2) is 4.98 Å². The minimum absolute atomic E-state index is 0.0239. The highest BCUT2D eigenvalue weighted by Crippen LogP contribution is 2.37. The standard InChI is InChI=1S/C15H20N4O2/c1-16-12-9-11(3-7-17-12)13(20)19-8-5-15(10-19)4-2-6-18-14(15)21/h3,7,9H,2,4-6,8,10H2,1H3,(H,16,17)(H,18,21)/t15-/m1/s1. The SMILES string of the molecule is CNc1cc(C(=O)N2CC[C@]3(CCCNC3=O)C2)ccn1. The van der Waals surface area contributed by atoms with E-state index in [0.717, 1.165) is 25.8 Å². The zero-order chi connectivity index (χ0) is 14.9. The summed E-state index contributed by atoms with van der Waals surface area (Å²) in [5.74, 6) is 0.754. The van der Waals surface area contributed by atoms with Crippen molar-refractivity contribution >= 4 is 17.6 Å². The number of aromatic nitrogens is 1. The maximum atomic E-state index is 12.6. The van der Waals surface area contributed by atoms with E-state index in [-0.39, 0.29) is 17.2 Å². The highest BCUT2D eigenvalue weighted by molar-refractivity contribution is 5.96. The van der Waals surface area contributed by atoms with E-state index in [1.807, 2.05) is 0 Å². The zero-order valence-corrected chi connectivity index (χ0v) is 12.2. The van der Waals surface area contributed by atoms with Crippen LogP contribution in [0.4, 0.5) is 5.82 Å². The van der Waals surface area contributed by atoms with Crippen molar-refractivity contribution in [1.82, 2.24) is 15.2 Å². The molecule has 6 heteroatoms. The third kappa shape index (κ3) is 2.46. The summed E-state index contributed by atoms with van der Waals surface area (Å²) in [7, 11) is 1.77. The van der Waals surface area contributed by atoms with Crippen LogP contribution in [0.3, 0.4) is 0 Å². The predicted molar refractivity (Wildman–Crippen MR) is 79.0 cm³/mol. The second-order valence-electron chi connectivity index (χ2n) is 5.80. The van der Waals surface area contributed by atoms with Gasteiger partial charge < -0.3 is 15.5 Å². The third-order valence-corrected chi connectivity index (χ3v) is 4.50. The monoisotopic (exact) mass is 288 g/mol. The Morgan fingerprint density at radius 1 is 1.48 bits per heavy atom. The quantitative estimate of drug-likeness (QED) is 0.846. The molecule has 1 atom stereocenters. The fourth-order valence-corrected chi connectivity index (χ4v) is 3.25. The molecule has 2 saturated heterocycles. The molecule has 0 aromatic carbocycles. The van der Waals surface area contributed by atoms with Gasteiger partial charge in [-0.05, 0) is 31.4 Å². The number of hydrogen-bond acceptors (Lipinski definition) is 4. The molecule has 2 aliphatic heterocycles. The third-order valence-electron chi connectivity index (χ3n) is 4.50. The molecule has 2 fully saturated rings. The molecular weight excluding hydrogens is 268 g/mol. The molecule has 0 radical (unpaired) electrons. The number of rotatable bonds is 2. The van der Waals surface area contributed by atoms with Gasteiger partial charge in [-0.2, -0.15) is 0 Å². The van der Waals surface area contributed by atoms with Gasteiger partial charge in [-0.1, -0.05) is 0 Å². The first kappa shape index (κ1) is 13.9. The van der Waals surface area contributed by atoms with E-state index in [9.17, 15) is 9.59 Å². The van der Waals surface area contributed by atoms with Crippen molar-refractivity contribution in [2.45, 2.75) is 19.3 Å². The van der Waals surface area contributed by atoms with Gasteiger partial charge in [0, 0.05) is 38.4 Å². The average molecular weight is 288 g/mol. The molecule has 2 aliphatic rings. The minimum Gasteiger partial charge on any atom is -0.373 e. The summed E-state index contributed by atoms with van der Waals surface area (Å²) in [6, 6.07) is 3.46. The van der Waals surface area contributed by atoms with E-state index in [4.69, 9.17) is 0 Å². The molecule has 3 heterocycles. The van der Waals surface area contributed by atoms with Crippen LogP contribution in [0.2, 0.25) is 0 Å². The zero-order valence-electron chi connectivity index (χ0n) is 12.2. The number of likely N-dealkylation sites (tertiary alicyclic amines) is 1. The van der Waals surface area contributed by atoms with Crippen molar-refractivity contribution in [2.24, 2.45) is 5.41 Å². The number of piperidine rings is 1. The maximum Gasteiger partial charge on any atom is 0.254 e. The van der Waals surface area contributed by atoms with Crippen molar-refractivity contribution in [3.8, 4) is 0 Å². The van der Waals surface area contributed by atoms with Crippen LogP contribution in [0.25, 0.3) is 0 Å². The lowest BCUT2D eigenvalue weighted by molar-refractivity contribution is -0.132. The highest BCUT2D eigenvalue weighted by Gasteiger charge is 2.46. The normalized spacial score (nSPS) is 25.0. The van der Waals surface area contributed by atoms with E-state index < -0.39 is 0 Å². The first-order chi connectivity index (χ1) is 10.1. The van der Waals surface area contributed by atoms with Gasteiger partial charge in [0.1, 0.15) is 5.82 Å². The molecule has 0 saturated carbocycles. The van der Waals surface area contributed by atoms with E-state index in [2.05, 4.69) is 15.6 Å². The number of amides is 2. The maximum absolute atomic E-state index is 12.6. The molecule has 6 nitrogen and oxygen atoms in total. The Morgan fingerprint density at radius 3 is 3.10 bits per heavy atom. The average Bonchev–Trinajstić information content (AvgIpc) is 2.95. The second kappa shape index (κ2) is 5.35. The van der Waals surface area contributed by atoms with Gasteiger partial charge in [0.25, 0.3) is 5.91 Å². The first-order valence-electron chi connectivity index (χ1n) is 7.36. The van der Waals surface area contributed by atoms with Crippen molar-refractivity contribution in [3.63, 3.8) is 0 Å². The highest BCUT2D eigenvalue weighted by atomic mass is 16.2. The van der Waals surface area contributed by atoms with Crippen LogP contribution in [0.5, 0.6) is 0 Å². The summed E-state index contributed by atoms with van der Waals surface area (Å²) in [6.07, 6.45) is 4.25. The summed E-state index contributed by atoms with van der Waals surface area (Å²) < 4.78 is 0. The smallest absolute Gasteiger partial charge is 0.254 e. The molecule has 112 valence electrons. The van der Waals surface area contributed by atoms with Crippen molar-refractivity contribution in [2.75, 3.05) is 32.0 Å². The molecule has 21 heavy (non-hydrogen) atoms. The molecule has 3 rings (SSSR count). The Morgan fingerprint density at radius 2 is 2.33 bits per heavy atom. The Balaban J connectivity index is 1.76. The lowest BCUT2D eigenvalue weighted by atomic mass is 9.79. The van der Waals surface area contributed by atoms with Crippen molar-refractivity contribution in [1.29, 1.82) is 0 Å². The number of pyridine rings is 1. The van der Waals surface area contributed by atoms with E-state index in [0.29, 0.717) is 24.5 Å². The molecule has 0 unspecified atom stereocenters. The fraction of sp³-hybridized carbons (Fsp3) is 0.533. The lowest BCUT2D eigenvalue weighted by Gasteiger charge is -2.32. The van der Waals surface area contributed by atoms with Crippen LogP contribution >= 0.6 is 0 Å². The minimum atomic E-state index is -0.368. The first-order valence-corrected chi connectivity index (χ1v) is 7.36. The summed E-state index contributed by atoms with van der Waals surface area (Å²) >= 11 is 0. The Hall–Kier alpha value is -2.11. The fourth-order valence-electron chi connectivity index (χ4n) is 3.25. The molecule has 1 spiro atoms. The largest absolute Gasteiger partial charge is 0.373 e. The van der Waals surface area contributed by atoms with E-state index in [1.54, 1.807) is 30.3 Å². The van der Waals surface area contributed by atoms with Crippen LogP contribution in [-0.2, 0) is 4.79 Å². The molecule has 1 aromatic heterocycles. The Bertz CT molecular complexity index is 575. The van der Waals surface area contributed by atoms with Crippen LogP contribution < -0.4 is 10.6 Å². The van der Waals surface area contributed by atoms with Crippen LogP contribution in [0, 0.1) is 5.41 Å². The summed E-state index contributed by atoms with van der Waals surface area (Å²) in [5.41, 5.74) is 0.245. The topological polar surface area (TPSA) is 74.3 Å². The van der Waals surface area contributed by atoms with Gasteiger partial charge in [0.15, 0.2) is 0 Å². The summed E-state index contributed by atoms with van der Waals surface area (Å²) in [4.78, 5) is 30.6. The molecule has 1 aromatic rings. The van der Waals surface area contributed by atoms with Gasteiger partial charge in [-0.15, -0.1) is 0 Å². The van der Waals surface area contributed by atoms with Gasteiger partial charge in [0.05, 0.1) is 5.41 Å². The number of hydrogen-bond donors (Lipinski definition) is 2. The van der Waals surface area contributed by atoms with Gasteiger partial charge >= 0.3 is 0 Å². The Labute approximate surface area is 123 Å². The lowest BCUT2D eigenvalue weighted by Crippen LogP contribution is -2.47. The molecule has 2 N–H and O–H groups in total. The van der Waals surface area contributed by atoms with Crippen LogP contribution in [0.1, 0.15) is 29.6 Å². The summed E-state index contributed by atoms with van der Waals surface area (Å²) in [5, 5.41) is 5.87. The number of anilines is 1. The summed E-state index contributed by atoms with van der Waals surface area (Å²) in [6.45, 7) is 1.92. The van der Waals surface area contributed by atoms with Gasteiger partial charge in [-0.3, -0.25) is 9.59 Å². The van der Waals surface area contributed by atoms with E-state index in [1.165, 1.54) is 0 Å². The number of nitrogens with zero attached hydrogens (tertiary/aromatic N) is 2. The number of nitrogens with one attached hydrogen (secondary N) is 2. The van der Waals surface area contributed by atoms with Crippen molar-refractivity contribution in [3.05, 3.63) is 23.9 Å². The van der Waals surface area contributed by atoms with E-state index >= 15 is 0 Å². The number of carbonyl (C=O) groups excluding carboxylic acids is 2. The Kier molecular flexibility index (Phi) is 3.53. The van der Waals surface area contributed by atoms with Crippen LogP contribution in [0.15, 0.2) is 18.3 Å². The molecule has 2 amide bonds. The molecule has 0 bridgehead atoms. The van der Waals surface area contributed by atoms with Crippen molar-refractivity contribution < 1.29 is 9.59 Å².